The highest BCUT2D eigenvalue weighted by molar-refractivity contribution is 8.00. The van der Waals surface area contributed by atoms with E-state index in [1.165, 1.54) is 11.8 Å². The summed E-state index contributed by atoms with van der Waals surface area (Å²) in [5, 5.41) is 11.4. The van der Waals surface area contributed by atoms with Crippen LogP contribution in [0.4, 0.5) is 0 Å². The van der Waals surface area contributed by atoms with Gasteiger partial charge in [-0.25, -0.2) is 0 Å². The van der Waals surface area contributed by atoms with Gasteiger partial charge >= 0.3 is 0 Å². The molecule has 3 rings (SSSR count). The van der Waals surface area contributed by atoms with E-state index in [9.17, 15) is 5.11 Å². The molecular formula is C20H23Cl2NO4S. The van der Waals surface area contributed by atoms with Crippen molar-refractivity contribution in [2.45, 2.75) is 41.9 Å². The van der Waals surface area contributed by atoms with E-state index in [4.69, 9.17) is 43.1 Å². The highest BCUT2D eigenvalue weighted by atomic mass is 35.5. The predicted molar refractivity (Wildman–Crippen MR) is 112 cm³/mol. The van der Waals surface area contributed by atoms with Crippen LogP contribution >= 0.6 is 35.0 Å². The van der Waals surface area contributed by atoms with Crippen LogP contribution in [0.25, 0.3) is 0 Å². The molecule has 1 saturated heterocycles. The predicted octanol–water partition coefficient (Wildman–Crippen LogP) is 4.25. The van der Waals surface area contributed by atoms with Gasteiger partial charge in [0.1, 0.15) is 17.6 Å². The van der Waals surface area contributed by atoms with Gasteiger partial charge in [-0.2, -0.15) is 0 Å². The summed E-state index contributed by atoms with van der Waals surface area (Å²) in [6, 6.07) is 14.9. The summed E-state index contributed by atoms with van der Waals surface area (Å²) in [6.07, 6.45) is -1.93. The molecule has 0 bridgehead atoms. The Kier molecular flexibility index (Phi) is 8.02. The standard InChI is InChI=1S/C20H23Cl2NO4S/c1-12-17(11-25-19(26-12)13-5-3-2-4-6-13)27-20(16(24)10-23)28-18-9-14(21)7-8-15(18)22/h2-9,12,16-17,19-20,24H,10-11,23H2,1H3/t12-,16+,17?,19?,20?/m1/s1. The quantitative estimate of drug-likeness (QED) is 0.492. The molecule has 8 heteroatoms. The third-order valence-electron chi connectivity index (χ3n) is 4.35. The van der Waals surface area contributed by atoms with Gasteiger partial charge in [0.2, 0.25) is 0 Å². The van der Waals surface area contributed by atoms with Crippen LogP contribution in [0.5, 0.6) is 0 Å². The molecule has 2 aromatic carbocycles. The fourth-order valence-electron chi connectivity index (χ4n) is 2.75. The third-order valence-corrected chi connectivity index (χ3v) is 6.27. The van der Waals surface area contributed by atoms with Gasteiger partial charge in [-0.05, 0) is 25.1 Å². The van der Waals surface area contributed by atoms with Crippen LogP contribution in [0, 0.1) is 0 Å². The molecule has 3 unspecified atom stereocenters. The summed E-state index contributed by atoms with van der Waals surface area (Å²) in [5.74, 6) is 0. The maximum Gasteiger partial charge on any atom is 0.184 e. The largest absolute Gasteiger partial charge is 0.388 e. The topological polar surface area (TPSA) is 73.9 Å². The Morgan fingerprint density at radius 3 is 2.68 bits per heavy atom. The van der Waals surface area contributed by atoms with Crippen LogP contribution in [-0.2, 0) is 14.2 Å². The zero-order valence-electron chi connectivity index (χ0n) is 15.3. The second kappa shape index (κ2) is 10.3. The van der Waals surface area contributed by atoms with Gasteiger partial charge in [-0.1, -0.05) is 65.3 Å². The van der Waals surface area contributed by atoms with Gasteiger partial charge < -0.3 is 25.1 Å². The molecule has 1 aliphatic heterocycles. The number of hydrogen-bond donors (Lipinski definition) is 2. The lowest BCUT2D eigenvalue weighted by Gasteiger charge is -2.37. The van der Waals surface area contributed by atoms with Crippen molar-refractivity contribution in [1.82, 2.24) is 0 Å². The second-order valence-corrected chi connectivity index (χ2v) is 8.44. The first-order chi connectivity index (χ1) is 13.5. The van der Waals surface area contributed by atoms with Crippen LogP contribution in [0.3, 0.4) is 0 Å². The summed E-state index contributed by atoms with van der Waals surface area (Å²) in [6.45, 7) is 2.30. The summed E-state index contributed by atoms with van der Waals surface area (Å²) >= 11 is 13.6. The highest BCUT2D eigenvalue weighted by Crippen LogP contribution is 2.36. The average Bonchev–Trinajstić information content (AvgIpc) is 2.71. The van der Waals surface area contributed by atoms with Crippen LogP contribution in [0.1, 0.15) is 18.8 Å². The minimum absolute atomic E-state index is 0.0469. The lowest BCUT2D eigenvalue weighted by atomic mass is 10.1. The molecule has 0 spiro atoms. The van der Waals surface area contributed by atoms with Gasteiger partial charge in [0.25, 0.3) is 0 Å². The molecule has 1 heterocycles. The van der Waals surface area contributed by atoms with Crippen molar-refractivity contribution in [2.75, 3.05) is 13.2 Å². The molecule has 0 saturated carbocycles. The Labute approximate surface area is 179 Å². The smallest absolute Gasteiger partial charge is 0.184 e. The van der Waals surface area contributed by atoms with Gasteiger partial charge in [-0.3, -0.25) is 0 Å². The number of benzene rings is 2. The lowest BCUT2D eigenvalue weighted by molar-refractivity contribution is -0.266. The molecule has 0 amide bonds. The number of thioether (sulfide) groups is 1. The van der Waals surface area contributed by atoms with E-state index in [0.717, 1.165) is 5.56 Å². The van der Waals surface area contributed by atoms with E-state index in [1.54, 1.807) is 18.2 Å². The number of aliphatic hydroxyl groups is 1. The van der Waals surface area contributed by atoms with Gasteiger partial charge in [0.05, 0.1) is 17.7 Å². The number of hydrogen-bond acceptors (Lipinski definition) is 6. The van der Waals surface area contributed by atoms with E-state index in [1.807, 2.05) is 37.3 Å². The van der Waals surface area contributed by atoms with Crippen molar-refractivity contribution in [3.8, 4) is 0 Å². The third kappa shape index (κ3) is 5.62. The Morgan fingerprint density at radius 1 is 1.25 bits per heavy atom. The lowest BCUT2D eigenvalue weighted by Crippen LogP contribution is -2.45. The molecule has 0 radical (unpaired) electrons. The molecule has 1 aliphatic rings. The Balaban J connectivity index is 1.67. The molecule has 0 aliphatic carbocycles. The van der Waals surface area contributed by atoms with Gasteiger partial charge in [0, 0.05) is 22.0 Å². The average molecular weight is 444 g/mol. The number of nitrogens with two attached hydrogens (primary N) is 1. The normalized spacial score (nSPS) is 24.7. The monoisotopic (exact) mass is 443 g/mol. The summed E-state index contributed by atoms with van der Waals surface area (Å²) in [5.41, 5.74) is 5.97. The maximum atomic E-state index is 10.4. The van der Waals surface area contributed by atoms with Crippen molar-refractivity contribution < 1.29 is 19.3 Å². The maximum absolute atomic E-state index is 10.4. The zero-order valence-corrected chi connectivity index (χ0v) is 17.7. The highest BCUT2D eigenvalue weighted by Gasteiger charge is 2.34. The van der Waals surface area contributed by atoms with E-state index in [-0.39, 0.29) is 18.8 Å². The molecule has 0 aromatic heterocycles. The van der Waals surface area contributed by atoms with Crippen molar-refractivity contribution in [2.24, 2.45) is 5.73 Å². The fraction of sp³-hybridized carbons (Fsp3) is 0.400. The molecule has 5 atom stereocenters. The van der Waals surface area contributed by atoms with Crippen molar-refractivity contribution in [3.05, 3.63) is 64.1 Å². The van der Waals surface area contributed by atoms with E-state index in [2.05, 4.69) is 0 Å². The summed E-state index contributed by atoms with van der Waals surface area (Å²) in [4.78, 5) is 0.708. The first-order valence-corrected chi connectivity index (χ1v) is 10.6. The minimum Gasteiger partial charge on any atom is -0.388 e. The fourth-order valence-corrected chi connectivity index (χ4v) is 4.33. The zero-order chi connectivity index (χ0) is 20.1. The van der Waals surface area contributed by atoms with E-state index >= 15 is 0 Å². The number of ether oxygens (including phenoxy) is 3. The van der Waals surface area contributed by atoms with Crippen molar-refractivity contribution in [1.29, 1.82) is 0 Å². The molecule has 5 nitrogen and oxygen atoms in total. The summed E-state index contributed by atoms with van der Waals surface area (Å²) in [7, 11) is 0. The minimum atomic E-state index is -0.890. The Hall–Kier alpha value is -0.830. The molecule has 1 fully saturated rings. The number of aliphatic hydroxyl groups excluding tert-OH is 1. The molecule has 152 valence electrons. The van der Waals surface area contributed by atoms with Crippen LogP contribution in [0.15, 0.2) is 53.4 Å². The molecule has 28 heavy (non-hydrogen) atoms. The van der Waals surface area contributed by atoms with Crippen LogP contribution in [0.2, 0.25) is 10.0 Å². The van der Waals surface area contributed by atoms with Crippen LogP contribution < -0.4 is 5.73 Å². The second-order valence-electron chi connectivity index (χ2n) is 6.46. The number of rotatable bonds is 7. The molecular weight excluding hydrogens is 421 g/mol. The Morgan fingerprint density at radius 2 is 2.00 bits per heavy atom. The van der Waals surface area contributed by atoms with Crippen LogP contribution in [-0.4, -0.2) is 42.0 Å². The van der Waals surface area contributed by atoms with E-state index < -0.39 is 17.8 Å². The Bertz CT molecular complexity index is 767. The van der Waals surface area contributed by atoms with E-state index in [0.29, 0.717) is 21.5 Å². The van der Waals surface area contributed by atoms with Gasteiger partial charge in [-0.15, -0.1) is 0 Å². The summed E-state index contributed by atoms with van der Waals surface area (Å²) < 4.78 is 17.9. The molecule has 3 N–H and O–H groups in total. The first-order valence-electron chi connectivity index (χ1n) is 8.95. The first kappa shape index (κ1) is 21.9. The van der Waals surface area contributed by atoms with Gasteiger partial charge in [0.15, 0.2) is 6.29 Å². The number of halogens is 2. The van der Waals surface area contributed by atoms with Crippen molar-refractivity contribution in [3.63, 3.8) is 0 Å². The molecule has 2 aromatic rings. The SMILES string of the molecule is C[C@H]1OC(c2ccccc2)OCC1OC(Sc1cc(Cl)ccc1Cl)[C@@H](O)CN. The van der Waals surface area contributed by atoms with Crippen molar-refractivity contribution >= 4 is 35.0 Å².